The molecule has 3 rings (SSSR count). The van der Waals surface area contributed by atoms with Gasteiger partial charge in [0.1, 0.15) is 0 Å². The van der Waals surface area contributed by atoms with Crippen molar-refractivity contribution in [1.82, 2.24) is 20.4 Å². The Morgan fingerprint density at radius 1 is 1.30 bits per heavy atom. The molecule has 3 atom stereocenters. The molecule has 2 aliphatic rings. The molecule has 0 bridgehead atoms. The fraction of sp³-hybridized carbons (Fsp3) is 0.789. The minimum Gasteiger partial charge on any atom is -0.354 e. The lowest BCUT2D eigenvalue weighted by molar-refractivity contribution is 0.413. The Labute approximate surface area is 182 Å². The van der Waals surface area contributed by atoms with Gasteiger partial charge in [-0.2, -0.15) is 5.10 Å². The number of halogens is 1. The van der Waals surface area contributed by atoms with E-state index in [1.165, 1.54) is 25.7 Å². The molecule has 1 heterocycles. The summed E-state index contributed by atoms with van der Waals surface area (Å²) < 4.78 is 14.2. The summed E-state index contributed by atoms with van der Waals surface area (Å²) in [5.41, 5.74) is 1.05. The highest BCUT2D eigenvalue weighted by atomic mass is 127. The third-order valence-electron chi connectivity index (χ3n) is 5.65. The summed E-state index contributed by atoms with van der Waals surface area (Å²) in [5, 5.41) is 11.9. The lowest BCUT2D eigenvalue weighted by Gasteiger charge is -2.30. The van der Waals surface area contributed by atoms with Gasteiger partial charge in [-0.15, -0.1) is 24.0 Å². The lowest BCUT2D eigenvalue weighted by Crippen LogP contribution is -2.46. The van der Waals surface area contributed by atoms with E-state index in [1.54, 1.807) is 7.05 Å². The van der Waals surface area contributed by atoms with E-state index in [-0.39, 0.29) is 24.0 Å². The van der Waals surface area contributed by atoms with Crippen LogP contribution in [0.25, 0.3) is 0 Å². The number of aromatic nitrogens is 2. The van der Waals surface area contributed by atoms with Crippen LogP contribution in [-0.4, -0.2) is 44.0 Å². The van der Waals surface area contributed by atoms with Crippen molar-refractivity contribution < 1.29 is 4.21 Å². The van der Waals surface area contributed by atoms with Gasteiger partial charge in [0.05, 0.1) is 18.3 Å². The van der Waals surface area contributed by atoms with Crippen molar-refractivity contribution in [2.75, 3.05) is 12.8 Å². The molecular formula is C19H34IN5OS. The van der Waals surface area contributed by atoms with Crippen molar-refractivity contribution in [3.05, 3.63) is 18.0 Å². The van der Waals surface area contributed by atoms with Gasteiger partial charge in [0.15, 0.2) is 5.96 Å². The summed E-state index contributed by atoms with van der Waals surface area (Å²) in [6.45, 7) is 2.69. The lowest BCUT2D eigenvalue weighted by atomic mass is 9.95. The third kappa shape index (κ3) is 6.44. The Morgan fingerprint density at radius 3 is 2.78 bits per heavy atom. The van der Waals surface area contributed by atoms with Crippen LogP contribution in [0.4, 0.5) is 0 Å². The minimum atomic E-state index is -0.696. The zero-order valence-electron chi connectivity index (χ0n) is 16.5. The number of hydrogen-bond donors (Lipinski definition) is 2. The second-order valence-electron chi connectivity index (χ2n) is 7.45. The molecule has 0 amide bonds. The first-order valence-corrected chi connectivity index (χ1v) is 11.5. The monoisotopic (exact) mass is 507 g/mol. The van der Waals surface area contributed by atoms with Crippen molar-refractivity contribution in [1.29, 1.82) is 0 Å². The highest BCUT2D eigenvalue weighted by Gasteiger charge is 2.26. The summed E-state index contributed by atoms with van der Waals surface area (Å²) >= 11 is 0. The van der Waals surface area contributed by atoms with Crippen LogP contribution in [0.3, 0.4) is 0 Å². The fourth-order valence-corrected chi connectivity index (χ4v) is 5.50. The van der Waals surface area contributed by atoms with Crippen molar-refractivity contribution >= 4 is 40.7 Å². The molecule has 6 nitrogen and oxygen atoms in total. The Kier molecular flexibility index (Phi) is 9.55. The largest absolute Gasteiger partial charge is 0.354 e. The van der Waals surface area contributed by atoms with Gasteiger partial charge in [-0.05, 0) is 38.2 Å². The van der Waals surface area contributed by atoms with Gasteiger partial charge in [0, 0.05) is 41.1 Å². The Morgan fingerprint density at radius 2 is 2.07 bits per heavy atom. The second kappa shape index (κ2) is 11.4. The zero-order valence-corrected chi connectivity index (χ0v) is 19.7. The molecule has 0 spiro atoms. The van der Waals surface area contributed by atoms with Crippen LogP contribution in [-0.2, 0) is 17.3 Å². The summed E-state index contributed by atoms with van der Waals surface area (Å²) in [6, 6.07) is 3.03. The van der Waals surface area contributed by atoms with Gasteiger partial charge in [-0.1, -0.05) is 26.2 Å². The van der Waals surface area contributed by atoms with Gasteiger partial charge in [0.2, 0.25) is 0 Å². The predicted molar refractivity (Wildman–Crippen MR) is 123 cm³/mol. The molecule has 154 valence electrons. The van der Waals surface area contributed by atoms with Gasteiger partial charge in [-0.25, -0.2) is 0 Å². The molecule has 1 aromatic heterocycles. The summed E-state index contributed by atoms with van der Waals surface area (Å²) in [6.07, 6.45) is 11.6. The van der Waals surface area contributed by atoms with Crippen LogP contribution >= 0.6 is 24.0 Å². The van der Waals surface area contributed by atoms with Gasteiger partial charge < -0.3 is 10.6 Å². The van der Waals surface area contributed by atoms with E-state index >= 15 is 0 Å². The first-order chi connectivity index (χ1) is 12.7. The topological polar surface area (TPSA) is 71.3 Å². The summed E-state index contributed by atoms with van der Waals surface area (Å²) in [7, 11) is 1.11. The highest BCUT2D eigenvalue weighted by Crippen LogP contribution is 2.28. The van der Waals surface area contributed by atoms with Crippen molar-refractivity contribution in [3.8, 4) is 0 Å². The number of rotatable bonds is 6. The second-order valence-corrected chi connectivity index (χ2v) is 9.46. The molecule has 0 aliphatic heterocycles. The Balaban J connectivity index is 0.00000261. The normalized spacial score (nSPS) is 25.0. The molecule has 8 heteroatoms. The van der Waals surface area contributed by atoms with Crippen molar-refractivity contribution in [3.63, 3.8) is 0 Å². The highest BCUT2D eigenvalue weighted by molar-refractivity contribution is 14.0. The van der Waals surface area contributed by atoms with Crippen LogP contribution < -0.4 is 10.6 Å². The first-order valence-electron chi connectivity index (χ1n) is 10.1. The van der Waals surface area contributed by atoms with Gasteiger partial charge in [0.25, 0.3) is 0 Å². The van der Waals surface area contributed by atoms with Crippen molar-refractivity contribution in [2.24, 2.45) is 4.99 Å². The van der Waals surface area contributed by atoms with Crippen molar-refractivity contribution in [2.45, 2.75) is 82.2 Å². The van der Waals surface area contributed by atoms with E-state index in [4.69, 9.17) is 5.10 Å². The molecular weight excluding hydrogens is 473 g/mol. The molecule has 27 heavy (non-hydrogen) atoms. The van der Waals surface area contributed by atoms with Crippen LogP contribution in [0.15, 0.2) is 17.3 Å². The number of aliphatic imine (C=N–C) groups is 1. The van der Waals surface area contributed by atoms with Crippen LogP contribution in [0.1, 0.15) is 70.0 Å². The molecule has 2 N–H and O–H groups in total. The average molecular weight is 507 g/mol. The summed E-state index contributed by atoms with van der Waals surface area (Å²) in [4.78, 5) is 4.36. The number of nitrogens with zero attached hydrogens (tertiary/aromatic N) is 3. The Bertz CT molecular complexity index is 629. The zero-order chi connectivity index (χ0) is 18.4. The Hall–Kier alpha value is -0.640. The van der Waals surface area contributed by atoms with E-state index < -0.39 is 10.8 Å². The van der Waals surface area contributed by atoms with E-state index in [2.05, 4.69) is 32.6 Å². The van der Waals surface area contributed by atoms with Crippen LogP contribution in [0, 0.1) is 0 Å². The van der Waals surface area contributed by atoms with Gasteiger partial charge >= 0.3 is 0 Å². The molecule has 0 radical (unpaired) electrons. The molecule has 1 aromatic rings. The van der Waals surface area contributed by atoms with E-state index in [0.29, 0.717) is 23.9 Å². The fourth-order valence-electron chi connectivity index (χ4n) is 4.16. The van der Waals surface area contributed by atoms with E-state index in [9.17, 15) is 4.21 Å². The molecule has 2 aliphatic carbocycles. The predicted octanol–water partition coefficient (Wildman–Crippen LogP) is 3.36. The molecule has 3 unspecified atom stereocenters. The molecule has 0 saturated heterocycles. The number of hydrogen-bond acceptors (Lipinski definition) is 3. The molecule has 0 aromatic carbocycles. The number of guanidine groups is 1. The van der Waals surface area contributed by atoms with Gasteiger partial charge in [-0.3, -0.25) is 13.9 Å². The maximum atomic E-state index is 12.1. The maximum absolute atomic E-state index is 12.1. The van der Waals surface area contributed by atoms with E-state index in [1.807, 2.05) is 6.92 Å². The molecule has 2 fully saturated rings. The third-order valence-corrected chi connectivity index (χ3v) is 7.39. The minimum absolute atomic E-state index is 0. The SMILES string of the molecule is CCS(=O)C1CCCC(NC(=NC)NCc2ccn(C3CCCC3)n2)C1.I. The van der Waals surface area contributed by atoms with Crippen LogP contribution in [0.5, 0.6) is 0 Å². The molecule has 2 saturated carbocycles. The van der Waals surface area contributed by atoms with Crippen LogP contribution in [0.2, 0.25) is 0 Å². The maximum Gasteiger partial charge on any atom is 0.191 e. The first kappa shape index (κ1) is 22.6. The summed E-state index contributed by atoms with van der Waals surface area (Å²) in [5.74, 6) is 1.57. The smallest absolute Gasteiger partial charge is 0.191 e. The quantitative estimate of drug-likeness (QED) is 0.352. The van der Waals surface area contributed by atoms with E-state index in [0.717, 1.165) is 43.1 Å². The number of nitrogens with one attached hydrogen (secondary N) is 2. The standard InChI is InChI=1S/C19H33N5OS.HI/c1-3-26(25)18-10-6-7-15(13-18)22-19(20-2)21-14-16-11-12-24(23-16)17-8-4-5-9-17;/h11-12,15,17-18H,3-10,13-14H2,1-2H3,(H2,20,21,22);1H. The average Bonchev–Trinajstić information content (AvgIpc) is 3.36.